The van der Waals surface area contributed by atoms with E-state index in [1.54, 1.807) is 0 Å². The van der Waals surface area contributed by atoms with E-state index in [1.165, 1.54) is 24.4 Å². The third-order valence-corrected chi connectivity index (χ3v) is 3.00. The van der Waals surface area contributed by atoms with Gasteiger partial charge in [0.1, 0.15) is 16.6 Å². The Hall–Kier alpha value is -3.19. The number of hydrogen-bond acceptors (Lipinski definition) is 5. The summed E-state index contributed by atoms with van der Waals surface area (Å²) in [6.45, 7) is 0. The van der Waals surface area contributed by atoms with Gasteiger partial charge < -0.3 is 10.2 Å². The molecule has 7 nitrogen and oxygen atoms in total. The zero-order chi connectivity index (χ0) is 17.5. The first-order valence-electron chi connectivity index (χ1n) is 6.67. The lowest BCUT2D eigenvalue weighted by molar-refractivity contribution is 0.0687. The first-order valence-corrected chi connectivity index (χ1v) is 7.04. The van der Waals surface area contributed by atoms with Crippen LogP contribution in [-0.2, 0) is 0 Å². The Morgan fingerprint density at radius 2 is 1.83 bits per heavy atom. The molecule has 1 aromatic carbocycles. The van der Waals surface area contributed by atoms with Gasteiger partial charge in [-0.2, -0.15) is 5.10 Å². The number of pyridine rings is 1. The predicted molar refractivity (Wildman–Crippen MR) is 88.2 cm³/mol. The number of nitrogens with one attached hydrogen (secondary N) is 1. The second-order valence-corrected chi connectivity index (χ2v) is 4.88. The highest BCUT2D eigenvalue weighted by molar-refractivity contribution is 6.29. The number of aromatic amines is 1. The summed E-state index contributed by atoms with van der Waals surface area (Å²) in [7, 11) is 0. The minimum absolute atomic E-state index is 0.181. The van der Waals surface area contributed by atoms with Crippen molar-refractivity contribution >= 4 is 17.6 Å². The van der Waals surface area contributed by atoms with E-state index in [1.807, 2.05) is 30.3 Å². The van der Waals surface area contributed by atoms with Crippen LogP contribution in [0.4, 0.5) is 0 Å². The van der Waals surface area contributed by atoms with Crippen molar-refractivity contribution in [1.29, 1.82) is 0 Å². The van der Waals surface area contributed by atoms with E-state index in [-0.39, 0.29) is 22.0 Å². The number of rotatable bonds is 2. The van der Waals surface area contributed by atoms with Gasteiger partial charge in [-0.05, 0) is 12.1 Å². The molecule has 0 bridgehead atoms. The monoisotopic (exact) mass is 345 g/mol. The van der Waals surface area contributed by atoms with Crippen LogP contribution in [0.1, 0.15) is 10.5 Å². The fourth-order valence-electron chi connectivity index (χ4n) is 1.74. The number of halogens is 1. The summed E-state index contributed by atoms with van der Waals surface area (Å²) in [6.07, 6.45) is 1.31. The number of carboxylic acid groups (broad SMARTS) is 1. The number of carbonyl (C=O) groups is 1. The Morgan fingerprint density at radius 3 is 2.38 bits per heavy atom. The molecule has 122 valence electrons. The molecule has 3 N–H and O–H groups in total. The Bertz CT molecular complexity index is 897. The molecular formula is C16H12ClN3O4. The van der Waals surface area contributed by atoms with Crippen LogP contribution in [0.2, 0.25) is 5.15 Å². The second-order valence-electron chi connectivity index (χ2n) is 4.47. The van der Waals surface area contributed by atoms with Crippen molar-refractivity contribution in [3.63, 3.8) is 0 Å². The smallest absolute Gasteiger partial charge is 0.358 e. The molecule has 24 heavy (non-hydrogen) atoms. The molecule has 0 unspecified atom stereocenters. The van der Waals surface area contributed by atoms with E-state index >= 15 is 0 Å². The topological polar surface area (TPSA) is 116 Å². The summed E-state index contributed by atoms with van der Waals surface area (Å²) in [5, 5.41) is 23.9. The molecule has 0 saturated heterocycles. The van der Waals surface area contributed by atoms with Crippen LogP contribution in [0.3, 0.4) is 0 Å². The molecule has 0 fully saturated rings. The number of nitrogens with zero attached hydrogens (tertiary/aromatic N) is 2. The summed E-state index contributed by atoms with van der Waals surface area (Å²) in [5.41, 5.74) is 0.669. The van der Waals surface area contributed by atoms with Gasteiger partial charge in [-0.25, -0.2) is 9.78 Å². The van der Waals surface area contributed by atoms with Crippen LogP contribution < -0.4 is 5.43 Å². The lowest BCUT2D eigenvalue weighted by atomic mass is 10.1. The fourth-order valence-corrected chi connectivity index (χ4v) is 1.89. The van der Waals surface area contributed by atoms with Gasteiger partial charge in [0.25, 0.3) is 0 Å². The van der Waals surface area contributed by atoms with E-state index < -0.39 is 5.97 Å². The quantitative estimate of drug-likeness (QED) is 0.657. The summed E-state index contributed by atoms with van der Waals surface area (Å²) in [6, 6.07) is 13.3. The summed E-state index contributed by atoms with van der Waals surface area (Å²) >= 11 is 5.59. The van der Waals surface area contributed by atoms with Crippen molar-refractivity contribution in [3.8, 4) is 17.0 Å². The summed E-state index contributed by atoms with van der Waals surface area (Å²) in [4.78, 5) is 25.1. The molecule has 2 aromatic heterocycles. The van der Waals surface area contributed by atoms with Crippen LogP contribution in [-0.4, -0.2) is 31.4 Å². The Balaban J connectivity index is 0.000000185. The van der Waals surface area contributed by atoms with Crippen LogP contribution in [0.5, 0.6) is 5.75 Å². The Morgan fingerprint density at radius 1 is 1.12 bits per heavy atom. The van der Waals surface area contributed by atoms with Gasteiger partial charge in [0.2, 0.25) is 5.43 Å². The van der Waals surface area contributed by atoms with Gasteiger partial charge in [-0.3, -0.25) is 9.89 Å². The lowest BCUT2D eigenvalue weighted by Gasteiger charge is -1.98. The number of carboxylic acids is 1. The molecule has 2 heterocycles. The Labute approximate surface area is 141 Å². The molecule has 0 saturated carbocycles. The van der Waals surface area contributed by atoms with Crippen LogP contribution in [0, 0.1) is 0 Å². The SMILES string of the molecule is O=C(O)c1ncccc1O.O=c1cc(Cl)[nH]nc1-c1ccccc1. The van der Waals surface area contributed by atoms with E-state index in [4.69, 9.17) is 21.8 Å². The number of hydrogen-bond donors (Lipinski definition) is 3. The number of aromatic hydroxyl groups is 1. The van der Waals surface area contributed by atoms with Crippen molar-refractivity contribution < 1.29 is 15.0 Å². The zero-order valence-corrected chi connectivity index (χ0v) is 12.9. The minimum atomic E-state index is -1.22. The molecular weight excluding hydrogens is 334 g/mol. The van der Waals surface area contributed by atoms with Gasteiger partial charge >= 0.3 is 5.97 Å². The number of aromatic carboxylic acids is 1. The summed E-state index contributed by atoms with van der Waals surface area (Å²) in [5.74, 6) is -1.53. The van der Waals surface area contributed by atoms with Crippen molar-refractivity contribution in [2.45, 2.75) is 0 Å². The lowest BCUT2D eigenvalue weighted by Crippen LogP contribution is -2.07. The molecule has 0 aliphatic heterocycles. The average molecular weight is 346 g/mol. The second kappa shape index (κ2) is 7.89. The zero-order valence-electron chi connectivity index (χ0n) is 12.2. The van der Waals surface area contributed by atoms with Gasteiger partial charge in [0.05, 0.1) is 0 Å². The van der Waals surface area contributed by atoms with Crippen LogP contribution in [0.25, 0.3) is 11.3 Å². The number of benzene rings is 1. The predicted octanol–water partition coefficient (Wildman–Crippen LogP) is 2.58. The van der Waals surface area contributed by atoms with E-state index in [9.17, 15) is 9.59 Å². The van der Waals surface area contributed by atoms with Crippen LogP contribution >= 0.6 is 11.6 Å². The third kappa shape index (κ3) is 4.40. The van der Waals surface area contributed by atoms with E-state index in [0.717, 1.165) is 5.56 Å². The highest BCUT2D eigenvalue weighted by atomic mass is 35.5. The highest BCUT2D eigenvalue weighted by Crippen LogP contribution is 2.12. The minimum Gasteiger partial charge on any atom is -0.505 e. The average Bonchev–Trinajstić information content (AvgIpc) is 2.56. The first-order chi connectivity index (χ1) is 11.5. The maximum atomic E-state index is 11.5. The molecule has 8 heteroatoms. The van der Waals surface area contributed by atoms with Crippen molar-refractivity contribution in [2.24, 2.45) is 0 Å². The third-order valence-electron chi connectivity index (χ3n) is 2.80. The van der Waals surface area contributed by atoms with E-state index in [2.05, 4.69) is 15.2 Å². The van der Waals surface area contributed by atoms with Crippen molar-refractivity contribution in [3.05, 3.63) is 75.8 Å². The molecule has 0 amide bonds. The molecule has 0 aliphatic carbocycles. The van der Waals surface area contributed by atoms with Crippen molar-refractivity contribution in [1.82, 2.24) is 15.2 Å². The fraction of sp³-hybridized carbons (Fsp3) is 0. The molecule has 3 aromatic rings. The van der Waals surface area contributed by atoms with Gasteiger partial charge in [-0.1, -0.05) is 41.9 Å². The maximum Gasteiger partial charge on any atom is 0.358 e. The molecule has 0 radical (unpaired) electrons. The Kier molecular flexibility index (Phi) is 5.64. The largest absolute Gasteiger partial charge is 0.505 e. The molecule has 0 spiro atoms. The number of aromatic nitrogens is 3. The van der Waals surface area contributed by atoms with Crippen LogP contribution in [0.15, 0.2) is 59.5 Å². The first kappa shape index (κ1) is 17.2. The number of H-pyrrole nitrogens is 1. The highest BCUT2D eigenvalue weighted by Gasteiger charge is 2.08. The molecule has 3 rings (SSSR count). The van der Waals surface area contributed by atoms with Gasteiger partial charge in [0.15, 0.2) is 5.69 Å². The molecule has 0 atom stereocenters. The maximum absolute atomic E-state index is 11.5. The van der Waals surface area contributed by atoms with E-state index in [0.29, 0.717) is 5.69 Å². The van der Waals surface area contributed by atoms with Gasteiger partial charge in [0, 0.05) is 17.8 Å². The van der Waals surface area contributed by atoms with Gasteiger partial charge in [-0.15, -0.1) is 0 Å². The van der Waals surface area contributed by atoms with Crippen molar-refractivity contribution in [2.75, 3.05) is 0 Å². The normalized spacial score (nSPS) is 9.71. The molecule has 0 aliphatic rings. The standard InChI is InChI=1S/C10H7ClN2O.C6H5NO3/c11-9-6-8(14)10(13-12-9)7-4-2-1-3-5-7;8-4-2-1-3-7-5(4)6(9)10/h1-6H,(H,12,14);1-3,8H,(H,9,10). The summed E-state index contributed by atoms with van der Waals surface area (Å²) < 4.78 is 0.